The van der Waals surface area contributed by atoms with Crippen LogP contribution < -0.4 is 20.7 Å². The molecule has 0 aliphatic rings. The van der Waals surface area contributed by atoms with Gasteiger partial charge in [0.15, 0.2) is 8.07 Å². The van der Waals surface area contributed by atoms with Crippen molar-refractivity contribution < 1.29 is 0 Å². The lowest BCUT2D eigenvalue weighted by Crippen LogP contribution is -2.74. The lowest BCUT2D eigenvalue weighted by Gasteiger charge is -2.34. The molecule has 8 rings (SSSR count). The highest BCUT2D eigenvalue weighted by atomic mass is 28.3. The molecular weight excluding hydrogens is 573 g/mol. The Bertz CT molecular complexity index is 2260. The summed E-state index contributed by atoms with van der Waals surface area (Å²) >= 11 is 0. The largest absolute Gasteiger partial charge is 0.309 e. The van der Waals surface area contributed by atoms with Gasteiger partial charge >= 0.3 is 0 Å². The van der Waals surface area contributed by atoms with Crippen LogP contribution in [0.25, 0.3) is 38.6 Å². The lowest BCUT2D eigenvalue weighted by molar-refractivity contribution is 1.18. The van der Waals surface area contributed by atoms with Gasteiger partial charge in [-0.15, -0.1) is 0 Å². The number of fused-ring (bicyclic) bond motifs is 3. The smallest absolute Gasteiger partial charge is 0.179 e. The molecule has 0 unspecified atom stereocenters. The summed E-state index contributed by atoms with van der Waals surface area (Å²) in [5.41, 5.74) is 6.60. The van der Waals surface area contributed by atoms with Gasteiger partial charge in [-0.05, 0) is 68.3 Å². The molecule has 2 nitrogen and oxygen atoms in total. The summed E-state index contributed by atoms with van der Waals surface area (Å²) in [6.07, 6.45) is 0. The predicted molar refractivity (Wildman–Crippen MR) is 195 cm³/mol. The van der Waals surface area contributed by atoms with Gasteiger partial charge in [-0.25, -0.2) is 0 Å². The summed E-state index contributed by atoms with van der Waals surface area (Å²) in [7, 11) is -2.72. The summed E-state index contributed by atoms with van der Waals surface area (Å²) in [5.74, 6) is 0. The summed E-state index contributed by atoms with van der Waals surface area (Å²) in [6.45, 7) is 0. The zero-order chi connectivity index (χ0) is 30.9. The van der Waals surface area contributed by atoms with Crippen LogP contribution in [-0.2, 0) is 0 Å². The molecule has 7 aromatic carbocycles. The molecule has 0 atom stereocenters. The van der Waals surface area contributed by atoms with Gasteiger partial charge in [0.25, 0.3) is 0 Å². The average Bonchev–Trinajstić information content (AvgIpc) is 3.48. The Kier molecular flexibility index (Phi) is 6.91. The van der Waals surface area contributed by atoms with Crippen molar-refractivity contribution >= 4 is 50.6 Å². The molecule has 8 aromatic rings. The second-order valence-corrected chi connectivity index (χ2v) is 15.5. The number of aromatic nitrogens is 1. The third kappa shape index (κ3) is 4.47. The van der Waals surface area contributed by atoms with Crippen molar-refractivity contribution in [3.8, 4) is 22.9 Å². The summed E-state index contributed by atoms with van der Waals surface area (Å²) < 4.78 is 2.35. The number of nitriles is 1. The van der Waals surface area contributed by atoms with E-state index in [4.69, 9.17) is 0 Å². The number of nitrogens with zero attached hydrogens (tertiary/aromatic N) is 2. The van der Waals surface area contributed by atoms with Gasteiger partial charge in [0.2, 0.25) is 0 Å². The minimum atomic E-state index is -2.72. The Balaban J connectivity index is 1.24. The van der Waals surface area contributed by atoms with Gasteiger partial charge in [-0.2, -0.15) is 5.26 Å². The van der Waals surface area contributed by atoms with E-state index < -0.39 is 8.07 Å². The van der Waals surface area contributed by atoms with E-state index in [9.17, 15) is 5.26 Å². The second kappa shape index (κ2) is 11.5. The van der Waals surface area contributed by atoms with Crippen molar-refractivity contribution in [2.45, 2.75) is 0 Å². The number of hydrogen-bond acceptors (Lipinski definition) is 1. The second-order valence-electron chi connectivity index (χ2n) is 11.7. The maximum atomic E-state index is 9.85. The highest BCUT2D eigenvalue weighted by molar-refractivity contribution is 7.19. The van der Waals surface area contributed by atoms with Crippen molar-refractivity contribution in [2.24, 2.45) is 0 Å². The molecule has 1 heterocycles. The van der Waals surface area contributed by atoms with E-state index in [-0.39, 0.29) is 0 Å². The normalized spacial score (nSPS) is 11.5. The highest BCUT2D eigenvalue weighted by Gasteiger charge is 2.41. The fourth-order valence-corrected chi connectivity index (χ4v) is 11.9. The fourth-order valence-electron chi connectivity index (χ4n) is 7.11. The first-order chi connectivity index (χ1) is 22.8. The molecule has 0 amide bonds. The third-order valence-electron chi connectivity index (χ3n) is 9.20. The molecule has 0 bridgehead atoms. The Morgan fingerprint density at radius 2 is 0.870 bits per heavy atom. The highest BCUT2D eigenvalue weighted by Crippen LogP contribution is 2.32. The standard InChI is InChI=1S/C43H30N2Si/c44-31-32-12-11-17-39(30-32)46(36-13-3-1-4-14-36,37-15-5-2-6-16-37)38-28-24-34(25-29-38)33-22-26-35(27-23-33)45-42-20-9-7-18-40(42)41-19-8-10-21-43(41)45/h1-30H. The van der Waals surface area contributed by atoms with Gasteiger partial charge in [-0.1, -0.05) is 146 Å². The molecule has 216 valence electrons. The SMILES string of the molecule is N#Cc1cccc([Si](c2ccccc2)(c2ccccc2)c2ccc(-c3ccc(-n4c5ccccc5c5ccccc54)cc3)cc2)c1. The van der Waals surface area contributed by atoms with Crippen LogP contribution in [0.15, 0.2) is 182 Å². The Labute approximate surface area is 270 Å². The van der Waals surface area contributed by atoms with E-state index in [1.165, 1.54) is 53.7 Å². The average molecular weight is 603 g/mol. The Morgan fingerprint density at radius 1 is 0.413 bits per heavy atom. The monoisotopic (exact) mass is 602 g/mol. The summed E-state index contributed by atoms with van der Waals surface area (Å²) in [5, 5.41) is 17.4. The van der Waals surface area contributed by atoms with E-state index in [0.29, 0.717) is 5.56 Å². The number of benzene rings is 7. The van der Waals surface area contributed by atoms with Crippen LogP contribution in [0.3, 0.4) is 0 Å². The van der Waals surface area contributed by atoms with Gasteiger partial charge < -0.3 is 4.57 Å². The van der Waals surface area contributed by atoms with Crippen LogP contribution >= 0.6 is 0 Å². The minimum Gasteiger partial charge on any atom is -0.309 e. The molecule has 0 radical (unpaired) electrons. The van der Waals surface area contributed by atoms with Gasteiger partial charge in [0.05, 0.1) is 22.7 Å². The zero-order valence-electron chi connectivity index (χ0n) is 25.2. The van der Waals surface area contributed by atoms with E-state index in [0.717, 1.165) is 5.69 Å². The van der Waals surface area contributed by atoms with Crippen LogP contribution in [0.2, 0.25) is 0 Å². The van der Waals surface area contributed by atoms with Crippen molar-refractivity contribution in [2.75, 3.05) is 0 Å². The number of hydrogen-bond donors (Lipinski definition) is 0. The van der Waals surface area contributed by atoms with Gasteiger partial charge in [0, 0.05) is 16.5 Å². The van der Waals surface area contributed by atoms with Gasteiger partial charge in [-0.3, -0.25) is 0 Å². The predicted octanol–water partition coefficient (Wildman–Crippen LogP) is 7.70. The molecule has 0 aliphatic carbocycles. The zero-order valence-corrected chi connectivity index (χ0v) is 26.2. The van der Waals surface area contributed by atoms with Crippen LogP contribution in [0.4, 0.5) is 0 Å². The molecule has 1 aromatic heterocycles. The van der Waals surface area contributed by atoms with Crippen molar-refractivity contribution in [3.63, 3.8) is 0 Å². The molecule has 0 saturated carbocycles. The van der Waals surface area contributed by atoms with Crippen molar-refractivity contribution in [3.05, 3.63) is 188 Å². The number of rotatable bonds is 6. The van der Waals surface area contributed by atoms with Crippen molar-refractivity contribution in [1.29, 1.82) is 5.26 Å². The van der Waals surface area contributed by atoms with E-state index in [1.54, 1.807) is 0 Å². The fraction of sp³-hybridized carbons (Fsp3) is 0. The molecular formula is C43H30N2Si. The minimum absolute atomic E-state index is 0.682. The lowest BCUT2D eigenvalue weighted by atomic mass is 10.1. The quantitative estimate of drug-likeness (QED) is 0.142. The third-order valence-corrected chi connectivity index (χ3v) is 14.0. The number of para-hydroxylation sites is 2. The van der Waals surface area contributed by atoms with E-state index in [1.807, 2.05) is 12.1 Å². The maximum Gasteiger partial charge on any atom is 0.179 e. The molecule has 0 spiro atoms. The van der Waals surface area contributed by atoms with Crippen molar-refractivity contribution in [1.82, 2.24) is 4.57 Å². The van der Waals surface area contributed by atoms with E-state index in [2.05, 4.69) is 180 Å². The molecule has 0 aliphatic heterocycles. The molecule has 0 saturated heterocycles. The maximum absolute atomic E-state index is 9.85. The van der Waals surface area contributed by atoms with E-state index >= 15 is 0 Å². The van der Waals surface area contributed by atoms with Crippen LogP contribution in [0, 0.1) is 11.3 Å². The molecule has 3 heteroatoms. The summed E-state index contributed by atoms with van der Waals surface area (Å²) in [6, 6.07) is 67.5. The molecule has 0 fully saturated rings. The topological polar surface area (TPSA) is 28.7 Å². The summed E-state index contributed by atoms with van der Waals surface area (Å²) in [4.78, 5) is 0. The van der Waals surface area contributed by atoms with Crippen LogP contribution in [0.1, 0.15) is 5.56 Å². The van der Waals surface area contributed by atoms with Gasteiger partial charge in [0.1, 0.15) is 0 Å². The molecule has 46 heavy (non-hydrogen) atoms. The van der Waals surface area contributed by atoms with Crippen LogP contribution in [0.5, 0.6) is 0 Å². The first-order valence-electron chi connectivity index (χ1n) is 15.6. The Morgan fingerprint density at radius 3 is 1.41 bits per heavy atom. The van der Waals surface area contributed by atoms with Crippen LogP contribution in [-0.4, -0.2) is 12.6 Å². The Hall–Kier alpha value is -5.95. The molecule has 0 N–H and O–H groups in total. The first kappa shape index (κ1) is 27.6. The first-order valence-corrected chi connectivity index (χ1v) is 17.6.